The van der Waals surface area contributed by atoms with Gasteiger partial charge in [0.05, 0.1) is 5.56 Å². The second kappa shape index (κ2) is 4.45. The van der Waals surface area contributed by atoms with Gasteiger partial charge in [-0.05, 0) is 0 Å². The Labute approximate surface area is 93.0 Å². The number of hydrogen-bond donors (Lipinski definition) is 3. The maximum Gasteiger partial charge on any atom is 0.574 e. The molecule has 5 N–H and O–H groups in total. The molecule has 9 heteroatoms. The Bertz CT molecular complexity index is 448. The Hall–Kier alpha value is -2.03. The average molecular weight is 251 g/mol. The summed E-state index contributed by atoms with van der Waals surface area (Å²) in [5, 5.41) is 8.77. The number of rotatable bonds is 3. The molecule has 1 aromatic heterocycles. The monoisotopic (exact) mass is 251 g/mol. The van der Waals surface area contributed by atoms with Crippen LogP contribution in [0.4, 0.5) is 19.0 Å². The minimum Gasteiger partial charge on any atom is -0.478 e. The van der Waals surface area contributed by atoms with Gasteiger partial charge < -0.3 is 21.3 Å². The van der Waals surface area contributed by atoms with Crippen molar-refractivity contribution in [1.29, 1.82) is 0 Å². The number of carbonyl (C=O) groups is 1. The summed E-state index contributed by atoms with van der Waals surface area (Å²) < 4.78 is 39.2. The Morgan fingerprint density at radius 1 is 1.53 bits per heavy atom. The van der Waals surface area contributed by atoms with Crippen LogP contribution in [0.5, 0.6) is 5.88 Å². The Morgan fingerprint density at radius 2 is 2.12 bits per heavy atom. The zero-order valence-corrected chi connectivity index (χ0v) is 8.28. The predicted octanol–water partition coefficient (Wildman–Crippen LogP) is 0.719. The summed E-state index contributed by atoms with van der Waals surface area (Å²) in [6, 6.07) is 0.619. The van der Waals surface area contributed by atoms with Crippen LogP contribution in [-0.4, -0.2) is 22.4 Å². The molecule has 0 fully saturated rings. The van der Waals surface area contributed by atoms with E-state index in [-0.39, 0.29) is 12.1 Å². The number of alkyl halides is 3. The van der Waals surface area contributed by atoms with Gasteiger partial charge in [0.15, 0.2) is 0 Å². The highest BCUT2D eigenvalue weighted by Crippen LogP contribution is 2.25. The van der Waals surface area contributed by atoms with Crippen LogP contribution in [0.3, 0.4) is 0 Å². The molecule has 0 aliphatic heterocycles. The van der Waals surface area contributed by atoms with E-state index in [4.69, 9.17) is 16.6 Å². The number of nitrogens with two attached hydrogens (primary N) is 2. The number of nitrogen functional groups attached to an aromatic ring is 1. The van der Waals surface area contributed by atoms with E-state index in [0.717, 1.165) is 0 Å². The van der Waals surface area contributed by atoms with Crippen LogP contribution in [-0.2, 0) is 6.54 Å². The van der Waals surface area contributed by atoms with Gasteiger partial charge in [-0.2, -0.15) is 4.98 Å². The van der Waals surface area contributed by atoms with Gasteiger partial charge in [0.25, 0.3) is 0 Å². The van der Waals surface area contributed by atoms with Crippen molar-refractivity contribution in [3.8, 4) is 5.88 Å². The Kier molecular flexibility index (Phi) is 3.42. The van der Waals surface area contributed by atoms with E-state index in [1.165, 1.54) is 0 Å². The van der Waals surface area contributed by atoms with Gasteiger partial charge in [-0.3, -0.25) is 0 Å². The number of hydrogen-bond acceptors (Lipinski definition) is 5. The number of carboxylic acids is 1. The highest BCUT2D eigenvalue weighted by atomic mass is 19.4. The quantitative estimate of drug-likeness (QED) is 0.729. The fraction of sp³-hybridized carbons (Fsp3) is 0.250. The summed E-state index contributed by atoms with van der Waals surface area (Å²) in [5.74, 6) is -2.82. The number of pyridine rings is 1. The number of nitrogens with zero attached hydrogens (tertiary/aromatic N) is 1. The van der Waals surface area contributed by atoms with E-state index in [0.29, 0.717) is 6.07 Å². The predicted molar refractivity (Wildman–Crippen MR) is 50.2 cm³/mol. The van der Waals surface area contributed by atoms with E-state index >= 15 is 0 Å². The molecule has 0 aromatic carbocycles. The van der Waals surface area contributed by atoms with E-state index in [2.05, 4.69) is 9.72 Å². The number of halogens is 3. The minimum atomic E-state index is -4.97. The van der Waals surface area contributed by atoms with Crippen molar-refractivity contribution >= 4 is 11.8 Å². The second-order valence-corrected chi connectivity index (χ2v) is 2.93. The fourth-order valence-electron chi connectivity index (χ4n) is 1.14. The molecule has 0 atom stereocenters. The van der Waals surface area contributed by atoms with E-state index in [1.54, 1.807) is 0 Å². The molecule has 0 aliphatic carbocycles. The highest BCUT2D eigenvalue weighted by Gasteiger charge is 2.32. The molecule has 1 rings (SSSR count). The molecule has 0 amide bonds. The smallest absolute Gasteiger partial charge is 0.478 e. The third-order valence-electron chi connectivity index (χ3n) is 1.79. The van der Waals surface area contributed by atoms with Crippen molar-refractivity contribution in [2.24, 2.45) is 5.73 Å². The van der Waals surface area contributed by atoms with Gasteiger partial charge in [-0.25, -0.2) is 4.79 Å². The molecule has 0 spiro atoms. The van der Waals surface area contributed by atoms with E-state index < -0.39 is 29.6 Å². The largest absolute Gasteiger partial charge is 0.574 e. The molecule has 94 valence electrons. The number of carboxylic acid groups (broad SMARTS) is 1. The van der Waals surface area contributed by atoms with Crippen molar-refractivity contribution in [1.82, 2.24) is 4.98 Å². The summed E-state index contributed by atoms with van der Waals surface area (Å²) >= 11 is 0. The van der Waals surface area contributed by atoms with Crippen LogP contribution in [0.2, 0.25) is 0 Å². The summed E-state index contributed by atoms with van der Waals surface area (Å²) in [7, 11) is 0. The Balaban J connectivity index is 3.25. The van der Waals surface area contributed by atoms with Gasteiger partial charge in [-0.15, -0.1) is 13.2 Å². The number of ether oxygens (including phenoxy) is 1. The summed E-state index contributed by atoms with van der Waals surface area (Å²) in [5.41, 5.74) is 9.99. The van der Waals surface area contributed by atoms with Crippen LogP contribution in [0.25, 0.3) is 0 Å². The molecule has 0 aliphatic rings. The lowest BCUT2D eigenvalue weighted by Gasteiger charge is -2.12. The van der Waals surface area contributed by atoms with Gasteiger partial charge in [0, 0.05) is 18.2 Å². The van der Waals surface area contributed by atoms with Crippen LogP contribution < -0.4 is 16.2 Å². The molecule has 6 nitrogen and oxygen atoms in total. The first-order valence-electron chi connectivity index (χ1n) is 4.23. The van der Waals surface area contributed by atoms with Gasteiger partial charge in [-0.1, -0.05) is 0 Å². The van der Waals surface area contributed by atoms with Gasteiger partial charge in [0.1, 0.15) is 5.82 Å². The maximum absolute atomic E-state index is 11.9. The number of anilines is 1. The molecular formula is C8H8F3N3O3. The van der Waals surface area contributed by atoms with E-state index in [1.807, 2.05) is 0 Å². The van der Waals surface area contributed by atoms with Crippen molar-refractivity contribution in [3.05, 3.63) is 17.2 Å². The van der Waals surface area contributed by atoms with Crippen LogP contribution >= 0.6 is 0 Å². The van der Waals surface area contributed by atoms with Crippen molar-refractivity contribution in [2.45, 2.75) is 12.9 Å². The third-order valence-corrected chi connectivity index (χ3v) is 1.79. The van der Waals surface area contributed by atoms with Gasteiger partial charge in [0.2, 0.25) is 5.88 Å². The Morgan fingerprint density at radius 3 is 2.53 bits per heavy atom. The van der Waals surface area contributed by atoms with Crippen molar-refractivity contribution < 1.29 is 27.8 Å². The molecule has 1 heterocycles. The standard InChI is InChI=1S/C8H8F3N3O3/c9-8(10,11)17-5-1-3(7(15)16)4(2-12)6(13)14-5/h1H,2,12H2,(H2,13,14)(H,15,16). The zero-order chi connectivity index (χ0) is 13.2. The van der Waals surface area contributed by atoms with Crippen LogP contribution in [0, 0.1) is 0 Å². The maximum atomic E-state index is 11.9. The molecule has 0 unspecified atom stereocenters. The van der Waals surface area contributed by atoms with Crippen molar-refractivity contribution in [2.75, 3.05) is 5.73 Å². The first kappa shape index (κ1) is 13.0. The topological polar surface area (TPSA) is 111 Å². The molecule has 0 bridgehead atoms. The molecule has 17 heavy (non-hydrogen) atoms. The molecule has 0 radical (unpaired) electrons. The normalized spacial score (nSPS) is 11.3. The lowest BCUT2D eigenvalue weighted by Crippen LogP contribution is -2.20. The van der Waals surface area contributed by atoms with Gasteiger partial charge >= 0.3 is 12.3 Å². The molecule has 0 saturated heterocycles. The first-order valence-corrected chi connectivity index (χ1v) is 4.23. The second-order valence-electron chi connectivity index (χ2n) is 2.93. The lowest BCUT2D eigenvalue weighted by molar-refractivity contribution is -0.276. The minimum absolute atomic E-state index is 0.0491. The first-order chi connectivity index (χ1) is 7.74. The summed E-state index contributed by atoms with van der Waals surface area (Å²) in [6.45, 7) is -0.257. The average Bonchev–Trinajstić information content (AvgIpc) is 2.13. The zero-order valence-electron chi connectivity index (χ0n) is 8.28. The molecular weight excluding hydrogens is 243 g/mol. The molecule has 1 aromatic rings. The number of aromatic nitrogens is 1. The fourth-order valence-corrected chi connectivity index (χ4v) is 1.14. The van der Waals surface area contributed by atoms with E-state index in [9.17, 15) is 18.0 Å². The third kappa shape index (κ3) is 3.21. The number of aromatic carboxylic acids is 1. The van der Waals surface area contributed by atoms with Crippen LogP contribution in [0.15, 0.2) is 6.07 Å². The summed E-state index contributed by atoms with van der Waals surface area (Å²) in [4.78, 5) is 14.0. The molecule has 0 saturated carbocycles. The lowest BCUT2D eigenvalue weighted by atomic mass is 10.1. The SMILES string of the molecule is NCc1c(C(=O)O)cc(OC(F)(F)F)nc1N. The van der Waals surface area contributed by atoms with Crippen LogP contribution in [0.1, 0.15) is 15.9 Å². The van der Waals surface area contributed by atoms with Crippen molar-refractivity contribution in [3.63, 3.8) is 0 Å². The summed E-state index contributed by atoms with van der Waals surface area (Å²) in [6.07, 6.45) is -4.97. The highest BCUT2D eigenvalue weighted by molar-refractivity contribution is 5.91.